The zero-order chi connectivity index (χ0) is 41.8. The van der Waals surface area contributed by atoms with Crippen LogP contribution in [-0.2, 0) is 19.1 Å². The van der Waals surface area contributed by atoms with Crippen molar-refractivity contribution in [1.29, 1.82) is 0 Å². The summed E-state index contributed by atoms with van der Waals surface area (Å²) in [6.07, 6.45) is 3.40. The zero-order valence-corrected chi connectivity index (χ0v) is 33.6. The number of nitrogens with one attached hydrogen (secondary N) is 2. The first-order valence-corrected chi connectivity index (χ1v) is 18.9. The van der Waals surface area contributed by atoms with E-state index in [0.717, 1.165) is 0 Å². The van der Waals surface area contributed by atoms with E-state index in [0.29, 0.717) is 0 Å². The van der Waals surface area contributed by atoms with Crippen LogP contribution in [0.5, 0.6) is 23.0 Å². The van der Waals surface area contributed by atoms with Gasteiger partial charge in [-0.05, 0) is 33.8 Å². The number of aromatic hydroxyl groups is 3. The molecule has 0 saturated carbocycles. The van der Waals surface area contributed by atoms with E-state index in [9.17, 15) is 45.0 Å². The van der Waals surface area contributed by atoms with Gasteiger partial charge >= 0.3 is 5.79 Å². The second-order valence-corrected chi connectivity index (χ2v) is 16.5. The standard InChI is InChI=1S/C42H56N2O12/c1-18-12-11-13-19(2)40(53)43-31-27(25-16-24(45)17-41(7,8)44-25)36(50)28-29(37(31)51)35(49)23(6)38-30(28)39(52)42(9,56-38)55-15-14-26(54-10)20(3)33(47)22(5)34(48)21(4)32(18)46/h11-15,18,20-22,25-26,32-34,44,46-51H,16-17H2,1-10H3,(H,43,53)/b12-11-,15-14?,19-13-/t18-,20+,21+,22-,25-,26-,32-,33+,34+,42-/m0/s1. The molecule has 4 aliphatic rings. The minimum absolute atomic E-state index is 0.0420. The molecule has 0 spiro atoms. The Balaban J connectivity index is 1.74. The third kappa shape index (κ3) is 7.64. The quantitative estimate of drug-likeness (QED) is 0.149. The average Bonchev–Trinajstić information content (AvgIpc) is 3.39. The summed E-state index contributed by atoms with van der Waals surface area (Å²) in [5.41, 5.74) is -1.12. The molecule has 4 heterocycles. The van der Waals surface area contributed by atoms with E-state index in [4.69, 9.17) is 14.2 Å². The summed E-state index contributed by atoms with van der Waals surface area (Å²) in [4.78, 5) is 41.2. The predicted molar refractivity (Wildman–Crippen MR) is 208 cm³/mol. The number of carbonyl (C=O) groups is 3. The van der Waals surface area contributed by atoms with Crippen LogP contribution in [0.25, 0.3) is 10.8 Å². The summed E-state index contributed by atoms with van der Waals surface area (Å²) in [7, 11) is 1.43. The van der Waals surface area contributed by atoms with Crippen molar-refractivity contribution < 1.29 is 59.2 Å². The highest BCUT2D eigenvalue weighted by molar-refractivity contribution is 6.22. The fourth-order valence-corrected chi connectivity index (χ4v) is 8.24. The van der Waals surface area contributed by atoms with Crippen molar-refractivity contribution in [3.05, 3.63) is 52.8 Å². The van der Waals surface area contributed by atoms with Crippen LogP contribution in [-0.4, -0.2) is 91.0 Å². The first kappa shape index (κ1) is 42.7. The van der Waals surface area contributed by atoms with Gasteiger partial charge in [0, 0.05) is 84.2 Å². The van der Waals surface area contributed by atoms with Crippen molar-refractivity contribution in [3.8, 4) is 23.0 Å². The molecule has 0 unspecified atom stereocenters. The second kappa shape index (κ2) is 15.8. The highest BCUT2D eigenvalue weighted by Gasteiger charge is 2.50. The molecule has 10 atom stereocenters. The molecule has 14 nitrogen and oxygen atoms in total. The van der Waals surface area contributed by atoms with Crippen LogP contribution in [0, 0.1) is 30.6 Å². The number of fused-ring (bicyclic) bond motifs is 14. The van der Waals surface area contributed by atoms with Gasteiger partial charge in [-0.2, -0.15) is 0 Å². The Morgan fingerprint density at radius 1 is 0.839 bits per heavy atom. The number of phenols is 3. The molecule has 1 fully saturated rings. The number of anilines is 1. The van der Waals surface area contributed by atoms with E-state index in [1.807, 2.05) is 0 Å². The Hall–Kier alpha value is -4.47. The third-order valence-corrected chi connectivity index (χ3v) is 11.8. The molecule has 306 valence electrons. The van der Waals surface area contributed by atoms with E-state index in [2.05, 4.69) is 10.6 Å². The minimum atomic E-state index is -2.05. The summed E-state index contributed by atoms with van der Waals surface area (Å²) in [5.74, 6) is -8.02. The van der Waals surface area contributed by atoms with Crippen molar-refractivity contribution in [2.45, 2.75) is 117 Å². The zero-order valence-electron chi connectivity index (χ0n) is 33.6. The molecule has 14 heteroatoms. The first-order chi connectivity index (χ1) is 26.1. The molecule has 4 aliphatic heterocycles. The maximum Gasteiger partial charge on any atom is 0.312 e. The molecule has 5 bridgehead atoms. The number of amides is 1. The predicted octanol–water partition coefficient (Wildman–Crippen LogP) is 4.96. The van der Waals surface area contributed by atoms with E-state index >= 15 is 0 Å². The maximum absolute atomic E-state index is 14.4. The fraction of sp³-hybridized carbons (Fsp3) is 0.548. The number of allylic oxidation sites excluding steroid dienone is 2. The lowest BCUT2D eigenvalue weighted by molar-refractivity contribution is -0.122. The molecular formula is C42H56N2O12. The maximum atomic E-state index is 14.4. The highest BCUT2D eigenvalue weighted by atomic mass is 16.7. The number of piperidine rings is 1. The number of ether oxygens (including phenoxy) is 3. The number of carbonyl (C=O) groups excluding carboxylic acids is 3. The summed E-state index contributed by atoms with van der Waals surface area (Å²) in [5, 5.41) is 75.0. The number of Topliss-reactive ketones (excluding diaryl/α,β-unsaturated/α-hetero) is 2. The molecule has 2 aromatic carbocycles. The number of hydrogen-bond acceptors (Lipinski definition) is 13. The average molecular weight is 781 g/mol. The smallest absolute Gasteiger partial charge is 0.312 e. The van der Waals surface area contributed by atoms with Gasteiger partial charge < -0.3 is 55.5 Å². The van der Waals surface area contributed by atoms with Gasteiger partial charge in [0.2, 0.25) is 0 Å². The van der Waals surface area contributed by atoms with Crippen LogP contribution in [0.4, 0.5) is 5.69 Å². The van der Waals surface area contributed by atoms with Crippen molar-refractivity contribution in [1.82, 2.24) is 5.32 Å². The van der Waals surface area contributed by atoms with Gasteiger partial charge in [0.1, 0.15) is 23.0 Å². The molecule has 56 heavy (non-hydrogen) atoms. The minimum Gasteiger partial charge on any atom is -0.507 e. The molecule has 0 radical (unpaired) electrons. The van der Waals surface area contributed by atoms with E-state index < -0.39 is 94.4 Å². The molecule has 0 aromatic heterocycles. The van der Waals surface area contributed by atoms with Gasteiger partial charge in [-0.3, -0.25) is 14.4 Å². The molecule has 1 saturated heterocycles. The number of aliphatic hydroxyl groups is 3. The van der Waals surface area contributed by atoms with Crippen LogP contribution in [0.2, 0.25) is 0 Å². The molecular weight excluding hydrogens is 724 g/mol. The van der Waals surface area contributed by atoms with E-state index in [1.165, 1.54) is 46.3 Å². The Bertz CT molecular complexity index is 2000. The van der Waals surface area contributed by atoms with Crippen LogP contribution in [0.15, 0.2) is 36.1 Å². The van der Waals surface area contributed by atoms with E-state index in [1.54, 1.807) is 53.7 Å². The summed E-state index contributed by atoms with van der Waals surface area (Å²) in [6, 6.07) is -0.951. The number of phenolic OH excluding ortho intramolecular Hbond substituents is 3. The van der Waals surface area contributed by atoms with Crippen LogP contribution in [0.3, 0.4) is 0 Å². The van der Waals surface area contributed by atoms with Crippen molar-refractivity contribution in [2.24, 2.45) is 23.7 Å². The summed E-state index contributed by atoms with van der Waals surface area (Å²) >= 11 is 0. The first-order valence-electron chi connectivity index (χ1n) is 18.9. The Morgan fingerprint density at radius 3 is 2.09 bits per heavy atom. The SMILES string of the molecule is CO[C@H]1C=CO[C@@]2(C)Oc3c(C)c(O)c4c(O)c(c([C@@H]5CC(=O)CC(C)(C)N5)c(O)c4c3C2=O)NC(=O)/C(C)=C\C=C/[C@H](C)[C@H](O)[C@@H](C)[C@@H](O)[C@@H](C)[C@H](O)[C@@H]1C. The number of hydrogen-bond donors (Lipinski definition) is 8. The van der Waals surface area contributed by atoms with Crippen LogP contribution < -0.4 is 15.4 Å². The van der Waals surface area contributed by atoms with E-state index in [-0.39, 0.29) is 63.1 Å². The van der Waals surface area contributed by atoms with Gasteiger partial charge in [-0.1, -0.05) is 45.9 Å². The number of rotatable bonds is 2. The molecule has 0 aliphatic carbocycles. The fourth-order valence-electron chi connectivity index (χ4n) is 8.24. The van der Waals surface area contributed by atoms with Gasteiger partial charge in [0.25, 0.3) is 11.7 Å². The largest absolute Gasteiger partial charge is 0.507 e. The summed E-state index contributed by atoms with van der Waals surface area (Å²) in [6.45, 7) is 14.7. The topological polar surface area (TPSA) is 224 Å². The summed E-state index contributed by atoms with van der Waals surface area (Å²) < 4.78 is 17.7. The molecule has 8 N–H and O–H groups in total. The molecule has 6 rings (SSSR count). The van der Waals surface area contributed by atoms with Gasteiger partial charge in [0.05, 0.1) is 47.3 Å². The van der Waals surface area contributed by atoms with Crippen molar-refractivity contribution >= 4 is 33.9 Å². The lowest BCUT2D eigenvalue weighted by atomic mass is 9.78. The van der Waals surface area contributed by atoms with Gasteiger partial charge in [0.15, 0.2) is 5.75 Å². The lowest BCUT2D eigenvalue weighted by Crippen LogP contribution is -2.48. The van der Waals surface area contributed by atoms with Gasteiger partial charge in [-0.15, -0.1) is 0 Å². The van der Waals surface area contributed by atoms with Crippen molar-refractivity contribution in [3.63, 3.8) is 0 Å². The second-order valence-electron chi connectivity index (χ2n) is 16.5. The highest BCUT2D eigenvalue weighted by Crippen LogP contribution is 2.57. The monoisotopic (exact) mass is 780 g/mol. The normalized spacial score (nSPS) is 34.5. The Morgan fingerprint density at radius 2 is 1.46 bits per heavy atom. The Kier molecular flexibility index (Phi) is 12.1. The van der Waals surface area contributed by atoms with Crippen LogP contribution >= 0.6 is 0 Å². The molecule has 2 aromatic rings. The lowest BCUT2D eigenvalue weighted by Gasteiger charge is -2.37. The number of benzene rings is 2. The number of aliphatic hydroxyl groups excluding tert-OH is 3. The Labute approximate surface area is 326 Å². The van der Waals surface area contributed by atoms with Crippen molar-refractivity contribution in [2.75, 3.05) is 12.4 Å². The van der Waals surface area contributed by atoms with Gasteiger partial charge in [-0.25, -0.2) is 0 Å². The third-order valence-electron chi connectivity index (χ3n) is 11.8. The molecule has 1 amide bonds. The van der Waals surface area contributed by atoms with Crippen LogP contribution in [0.1, 0.15) is 95.8 Å². The number of methoxy groups -OCH3 is 1. The number of ketones is 2.